The molecule has 0 saturated carbocycles. The van der Waals surface area contributed by atoms with E-state index in [1.54, 1.807) is 0 Å². The van der Waals surface area contributed by atoms with Crippen LogP contribution < -0.4 is 10.6 Å². The molecule has 0 aliphatic carbocycles. The number of aryl methyl sites for hydroxylation is 2. The molecule has 0 heterocycles. The number of hydrogen-bond donors (Lipinski definition) is 2. The van der Waals surface area contributed by atoms with Crippen molar-refractivity contribution in [1.82, 2.24) is 5.32 Å². The van der Waals surface area contributed by atoms with Crippen molar-refractivity contribution in [3.63, 3.8) is 0 Å². The maximum absolute atomic E-state index is 12.8. The first kappa shape index (κ1) is 21.1. The minimum absolute atomic E-state index is 0.218. The van der Waals surface area contributed by atoms with Crippen LogP contribution in [-0.4, -0.2) is 30.9 Å². The molecule has 148 valence electrons. The molecule has 2 aromatic rings. The van der Waals surface area contributed by atoms with Crippen LogP contribution in [0, 0.1) is 5.82 Å². The Balaban J connectivity index is 1.82. The molecule has 0 saturated heterocycles. The fourth-order valence-corrected chi connectivity index (χ4v) is 2.63. The lowest BCUT2D eigenvalue weighted by Crippen LogP contribution is -2.32. The van der Waals surface area contributed by atoms with Crippen molar-refractivity contribution in [2.75, 3.05) is 18.5 Å². The summed E-state index contributed by atoms with van der Waals surface area (Å²) in [6.07, 6.45) is 1.53. The zero-order valence-corrected chi connectivity index (χ0v) is 15.9. The summed E-state index contributed by atoms with van der Waals surface area (Å²) in [5.74, 6) is -2.19. The van der Waals surface area contributed by atoms with Crippen molar-refractivity contribution in [2.45, 2.75) is 26.7 Å². The summed E-state index contributed by atoms with van der Waals surface area (Å²) in [4.78, 5) is 35.8. The Morgan fingerprint density at radius 1 is 0.964 bits per heavy atom. The van der Waals surface area contributed by atoms with E-state index in [-0.39, 0.29) is 5.56 Å². The largest absolute Gasteiger partial charge is 0.454 e. The van der Waals surface area contributed by atoms with Crippen molar-refractivity contribution in [1.29, 1.82) is 0 Å². The smallest absolute Gasteiger partial charge is 0.325 e. The fraction of sp³-hybridized carbons (Fsp3) is 0.286. The summed E-state index contributed by atoms with van der Waals surface area (Å²) in [7, 11) is 0. The number of nitrogens with one attached hydrogen (secondary N) is 2. The molecule has 0 aliphatic heterocycles. The van der Waals surface area contributed by atoms with Gasteiger partial charge in [0.1, 0.15) is 12.4 Å². The number of hydrogen-bond acceptors (Lipinski definition) is 4. The number of esters is 1. The number of halogens is 1. The molecular weight excluding hydrogens is 363 g/mol. The van der Waals surface area contributed by atoms with Crippen LogP contribution in [0.3, 0.4) is 0 Å². The summed E-state index contributed by atoms with van der Waals surface area (Å²) in [6.45, 7) is 3.14. The Kier molecular flexibility index (Phi) is 7.68. The van der Waals surface area contributed by atoms with E-state index in [2.05, 4.69) is 10.6 Å². The second-order valence-electron chi connectivity index (χ2n) is 6.06. The third kappa shape index (κ3) is 5.90. The van der Waals surface area contributed by atoms with Gasteiger partial charge in [-0.25, -0.2) is 4.39 Å². The number of carbonyl (C=O) groups is 3. The SMILES string of the molecule is CCc1cccc(CC)c1NC(=O)COC(=O)CNC(=O)c1ccc(F)cc1. The minimum Gasteiger partial charge on any atom is -0.454 e. The number of rotatable bonds is 8. The highest BCUT2D eigenvalue weighted by atomic mass is 19.1. The molecule has 2 amide bonds. The summed E-state index contributed by atoms with van der Waals surface area (Å²) in [6, 6.07) is 10.7. The Morgan fingerprint density at radius 3 is 2.14 bits per heavy atom. The van der Waals surface area contributed by atoms with E-state index in [0.717, 1.165) is 41.8 Å². The highest BCUT2D eigenvalue weighted by Crippen LogP contribution is 2.22. The van der Waals surface area contributed by atoms with Crippen molar-refractivity contribution in [3.8, 4) is 0 Å². The molecule has 2 rings (SSSR count). The maximum atomic E-state index is 12.8. The highest BCUT2D eigenvalue weighted by molar-refractivity contribution is 5.97. The molecule has 6 nitrogen and oxygen atoms in total. The van der Waals surface area contributed by atoms with E-state index in [1.807, 2.05) is 32.0 Å². The van der Waals surface area contributed by atoms with Crippen molar-refractivity contribution in [3.05, 3.63) is 65.0 Å². The van der Waals surface area contributed by atoms with Gasteiger partial charge in [-0.3, -0.25) is 14.4 Å². The zero-order chi connectivity index (χ0) is 20.5. The molecule has 0 spiro atoms. The Hall–Kier alpha value is -3.22. The lowest BCUT2D eigenvalue weighted by molar-refractivity contribution is -0.146. The van der Waals surface area contributed by atoms with Gasteiger partial charge in [-0.15, -0.1) is 0 Å². The van der Waals surface area contributed by atoms with Crippen molar-refractivity contribution in [2.24, 2.45) is 0 Å². The lowest BCUT2D eigenvalue weighted by atomic mass is 10.0. The summed E-state index contributed by atoms with van der Waals surface area (Å²) < 4.78 is 17.8. The Bertz CT molecular complexity index is 828. The monoisotopic (exact) mass is 386 g/mol. The summed E-state index contributed by atoms with van der Waals surface area (Å²) in [5.41, 5.74) is 2.98. The molecule has 0 bridgehead atoms. The molecule has 2 aromatic carbocycles. The topological polar surface area (TPSA) is 84.5 Å². The molecule has 2 N–H and O–H groups in total. The van der Waals surface area contributed by atoms with Gasteiger partial charge in [-0.1, -0.05) is 32.0 Å². The van der Waals surface area contributed by atoms with E-state index in [9.17, 15) is 18.8 Å². The first-order chi connectivity index (χ1) is 13.4. The van der Waals surface area contributed by atoms with Crippen LogP contribution in [0.25, 0.3) is 0 Å². The first-order valence-electron chi connectivity index (χ1n) is 9.04. The Morgan fingerprint density at radius 2 is 1.57 bits per heavy atom. The first-order valence-corrected chi connectivity index (χ1v) is 9.04. The van der Waals surface area contributed by atoms with Gasteiger partial charge in [0, 0.05) is 11.3 Å². The second kappa shape index (κ2) is 10.2. The zero-order valence-electron chi connectivity index (χ0n) is 15.9. The van der Waals surface area contributed by atoms with E-state index in [4.69, 9.17) is 4.74 Å². The van der Waals surface area contributed by atoms with Crippen LogP contribution in [0.5, 0.6) is 0 Å². The van der Waals surface area contributed by atoms with Gasteiger partial charge in [0.2, 0.25) is 0 Å². The summed E-state index contributed by atoms with van der Waals surface area (Å²) >= 11 is 0. The third-order valence-electron chi connectivity index (χ3n) is 4.13. The lowest BCUT2D eigenvalue weighted by Gasteiger charge is -2.14. The number of amides is 2. The van der Waals surface area contributed by atoms with Crippen LogP contribution in [0.15, 0.2) is 42.5 Å². The van der Waals surface area contributed by atoms with Crippen molar-refractivity contribution >= 4 is 23.5 Å². The maximum Gasteiger partial charge on any atom is 0.325 e. The molecular formula is C21H23FN2O4. The van der Waals surface area contributed by atoms with E-state index >= 15 is 0 Å². The molecule has 0 aliphatic rings. The molecule has 7 heteroatoms. The molecule has 0 unspecified atom stereocenters. The third-order valence-corrected chi connectivity index (χ3v) is 4.13. The molecule has 0 radical (unpaired) electrons. The van der Waals surface area contributed by atoms with Crippen LogP contribution >= 0.6 is 0 Å². The molecule has 0 fully saturated rings. The fourth-order valence-electron chi connectivity index (χ4n) is 2.63. The van der Waals surface area contributed by atoms with Gasteiger partial charge >= 0.3 is 5.97 Å². The predicted molar refractivity (Wildman–Crippen MR) is 104 cm³/mol. The molecule has 28 heavy (non-hydrogen) atoms. The number of ether oxygens (including phenoxy) is 1. The standard InChI is InChI=1S/C21H23FN2O4/c1-3-14-6-5-7-15(4-2)20(14)24-18(25)13-28-19(26)12-23-21(27)16-8-10-17(22)11-9-16/h5-11H,3-4,12-13H2,1-2H3,(H,23,27)(H,24,25). The van der Waals surface area contributed by atoms with Gasteiger partial charge in [0.15, 0.2) is 6.61 Å². The number of carbonyl (C=O) groups excluding carboxylic acids is 3. The van der Waals surface area contributed by atoms with Gasteiger partial charge in [-0.05, 0) is 48.2 Å². The molecule has 0 atom stereocenters. The van der Waals surface area contributed by atoms with Gasteiger partial charge in [0.05, 0.1) is 0 Å². The Labute approximate surface area is 163 Å². The average molecular weight is 386 g/mol. The quantitative estimate of drug-likeness (QED) is 0.684. The number of benzene rings is 2. The predicted octanol–water partition coefficient (Wildman–Crippen LogP) is 2.86. The highest BCUT2D eigenvalue weighted by Gasteiger charge is 2.13. The number of para-hydroxylation sites is 1. The van der Waals surface area contributed by atoms with Gasteiger partial charge < -0.3 is 15.4 Å². The minimum atomic E-state index is -0.745. The van der Waals surface area contributed by atoms with E-state index in [1.165, 1.54) is 12.1 Å². The van der Waals surface area contributed by atoms with Gasteiger partial charge in [0.25, 0.3) is 11.8 Å². The van der Waals surface area contributed by atoms with Crippen molar-refractivity contribution < 1.29 is 23.5 Å². The van der Waals surface area contributed by atoms with Crippen LogP contribution in [0.1, 0.15) is 35.3 Å². The van der Waals surface area contributed by atoms with Crippen LogP contribution in [0.2, 0.25) is 0 Å². The van der Waals surface area contributed by atoms with E-state index in [0.29, 0.717) is 0 Å². The normalized spacial score (nSPS) is 10.2. The van der Waals surface area contributed by atoms with Crippen LogP contribution in [-0.2, 0) is 27.2 Å². The number of anilines is 1. The second-order valence-corrected chi connectivity index (χ2v) is 6.06. The van der Waals surface area contributed by atoms with E-state index < -0.39 is 36.8 Å². The average Bonchev–Trinajstić information content (AvgIpc) is 2.71. The van der Waals surface area contributed by atoms with Crippen LogP contribution in [0.4, 0.5) is 10.1 Å². The van der Waals surface area contributed by atoms with Gasteiger partial charge in [-0.2, -0.15) is 0 Å². The molecule has 0 aromatic heterocycles. The summed E-state index contributed by atoms with van der Waals surface area (Å²) in [5, 5.41) is 5.15.